The monoisotopic (exact) mass is 579 g/mol. The number of carbonyl (C=O) groups excluding carboxylic acids is 2. The van der Waals surface area contributed by atoms with E-state index < -0.39 is 70.8 Å². The summed E-state index contributed by atoms with van der Waals surface area (Å²) in [6.45, 7) is -0.0348. The van der Waals surface area contributed by atoms with Gasteiger partial charge >= 0.3 is 6.61 Å². The molecule has 6 rings (SSSR count). The van der Waals surface area contributed by atoms with Gasteiger partial charge in [-0.05, 0) is 55.0 Å². The second-order valence-electron chi connectivity index (χ2n) is 12.6. The Morgan fingerprint density at radius 2 is 1.93 bits per heavy atom. The van der Waals surface area contributed by atoms with Crippen molar-refractivity contribution in [2.45, 2.75) is 70.1 Å². The smallest absolute Gasteiger partial charge is 0.387 e. The molecule has 3 fully saturated rings. The number of halogens is 4. The number of nitrogens with zero attached hydrogens (tertiary/aromatic N) is 1. The summed E-state index contributed by atoms with van der Waals surface area (Å²) in [4.78, 5) is 32.1. The number of fused-ring (bicyclic) bond motifs is 7. The Kier molecular flexibility index (Phi) is 6.58. The van der Waals surface area contributed by atoms with Crippen LogP contribution in [-0.4, -0.2) is 64.0 Å². The van der Waals surface area contributed by atoms with E-state index in [1.807, 2.05) is 0 Å². The fourth-order valence-corrected chi connectivity index (χ4v) is 8.99. The zero-order chi connectivity index (χ0) is 29.5. The molecule has 1 aromatic rings. The Bertz CT molecular complexity index is 1330. The van der Waals surface area contributed by atoms with Gasteiger partial charge in [-0.1, -0.05) is 25.1 Å². The number of hydrogen-bond acceptors (Lipinski definition) is 7. The molecule has 41 heavy (non-hydrogen) atoms. The number of hydrogen-bond donors (Lipinski definition) is 2. The molecule has 11 heteroatoms. The van der Waals surface area contributed by atoms with Gasteiger partial charge in [0.2, 0.25) is 0 Å². The molecule has 8 atom stereocenters. The molecule has 1 aliphatic heterocycles. The van der Waals surface area contributed by atoms with Crippen LogP contribution in [0.1, 0.15) is 45.1 Å². The van der Waals surface area contributed by atoms with Crippen LogP contribution in [0.2, 0.25) is 0 Å². The average molecular weight is 580 g/mol. The molecular formula is C30H33F4NO6. The number of allylic oxidation sites excluding steroid dienone is 4. The van der Waals surface area contributed by atoms with E-state index in [0.717, 1.165) is 0 Å². The Morgan fingerprint density at radius 3 is 2.59 bits per heavy atom. The topological polar surface area (TPSA) is 96.3 Å². The molecule has 0 unspecified atom stereocenters. The summed E-state index contributed by atoms with van der Waals surface area (Å²) in [5, 5.41) is 23.2. The molecule has 4 aliphatic carbocycles. The number of aliphatic hydroxyl groups is 2. The number of aliphatic hydroxyl groups excluding tert-OH is 2. The van der Waals surface area contributed by atoms with Crippen molar-refractivity contribution >= 4 is 11.6 Å². The van der Waals surface area contributed by atoms with Crippen molar-refractivity contribution in [1.29, 1.82) is 0 Å². The first-order chi connectivity index (χ1) is 19.3. The second-order valence-corrected chi connectivity index (χ2v) is 12.6. The largest absolute Gasteiger partial charge is 0.435 e. The van der Waals surface area contributed by atoms with Gasteiger partial charge in [-0.3, -0.25) is 14.4 Å². The Hall–Kier alpha value is -2.60. The lowest BCUT2D eigenvalue weighted by Crippen LogP contribution is -2.69. The molecule has 1 saturated heterocycles. The first-order valence-electron chi connectivity index (χ1n) is 13.9. The lowest BCUT2D eigenvalue weighted by Gasteiger charge is -2.62. The SMILES string of the molecule is C[C@]12C=CC(=O)CC1=C(F)C[C@H]1[C@@H]3C[C@H]4CN(Cc5ccc(OC(F)F)cc5)O[C@@]4(C(=O)CO)[C@@]3(C)C[C@H](O)[C@@]12F. The molecule has 222 valence electrons. The van der Waals surface area contributed by atoms with E-state index >= 15 is 8.78 Å². The van der Waals surface area contributed by atoms with Crippen LogP contribution in [0, 0.1) is 28.6 Å². The van der Waals surface area contributed by atoms with Crippen LogP contribution in [0.15, 0.2) is 47.8 Å². The third kappa shape index (κ3) is 3.78. The highest BCUT2D eigenvalue weighted by atomic mass is 19.3. The number of alkyl halides is 3. The standard InChI is InChI=1S/C30H33F4NO6/c1-27-8-7-18(37)10-22(27)23(31)11-21-20-9-17-14-35(13-16-3-5-19(6-4-16)40-26(32)33)41-30(17,25(39)15-36)28(20,2)12-24(38)29(21,27)34/h3-8,17,20-21,24,26,36,38H,9-15H2,1-2H3/t17-,20-,21-,24-,27-,28-,29-,30-/m0/s1. The Labute approximate surface area is 234 Å². The van der Waals surface area contributed by atoms with Gasteiger partial charge < -0.3 is 14.9 Å². The second kappa shape index (κ2) is 9.45. The maximum atomic E-state index is 17.4. The molecule has 0 amide bonds. The summed E-state index contributed by atoms with van der Waals surface area (Å²) in [7, 11) is 0. The first kappa shape index (κ1) is 28.5. The summed E-state index contributed by atoms with van der Waals surface area (Å²) in [5.74, 6) is -3.48. The summed E-state index contributed by atoms with van der Waals surface area (Å²) in [5.41, 5.74) is -5.74. The van der Waals surface area contributed by atoms with Gasteiger partial charge in [-0.25, -0.2) is 8.78 Å². The van der Waals surface area contributed by atoms with Crippen LogP contribution in [0.3, 0.4) is 0 Å². The van der Waals surface area contributed by atoms with Crippen molar-refractivity contribution in [2.24, 2.45) is 28.6 Å². The number of hydroxylamine groups is 2. The van der Waals surface area contributed by atoms with E-state index in [1.54, 1.807) is 24.1 Å². The van der Waals surface area contributed by atoms with Crippen LogP contribution in [0.25, 0.3) is 0 Å². The van der Waals surface area contributed by atoms with E-state index in [2.05, 4.69) is 4.74 Å². The zero-order valence-electron chi connectivity index (χ0n) is 22.8. The molecule has 2 N–H and O–H groups in total. The van der Waals surface area contributed by atoms with Crippen molar-refractivity contribution in [3.63, 3.8) is 0 Å². The summed E-state index contributed by atoms with van der Waals surface area (Å²) in [6.07, 6.45) is 0.653. The van der Waals surface area contributed by atoms with Crippen LogP contribution >= 0.6 is 0 Å². The number of Topliss-reactive ketones (excluding diaryl/α,β-unsaturated/α-hetero) is 1. The molecule has 5 aliphatic rings. The summed E-state index contributed by atoms with van der Waals surface area (Å²) >= 11 is 0. The predicted molar refractivity (Wildman–Crippen MR) is 137 cm³/mol. The van der Waals surface area contributed by atoms with E-state index in [-0.39, 0.29) is 49.5 Å². The molecule has 0 spiro atoms. The zero-order valence-corrected chi connectivity index (χ0v) is 22.8. The lowest BCUT2D eigenvalue weighted by molar-refractivity contribution is -0.267. The molecule has 0 radical (unpaired) electrons. The van der Waals surface area contributed by atoms with E-state index in [0.29, 0.717) is 12.0 Å². The highest BCUT2D eigenvalue weighted by molar-refractivity contribution is 5.94. The lowest BCUT2D eigenvalue weighted by atomic mass is 9.45. The van der Waals surface area contributed by atoms with Crippen molar-refractivity contribution < 1.29 is 46.9 Å². The molecule has 7 nitrogen and oxygen atoms in total. The fourth-order valence-electron chi connectivity index (χ4n) is 8.99. The molecule has 2 saturated carbocycles. The van der Waals surface area contributed by atoms with Crippen LogP contribution in [0.4, 0.5) is 17.6 Å². The van der Waals surface area contributed by atoms with Crippen LogP contribution in [0.5, 0.6) is 5.75 Å². The third-order valence-corrected chi connectivity index (χ3v) is 10.8. The van der Waals surface area contributed by atoms with Gasteiger partial charge in [0.1, 0.15) is 18.2 Å². The van der Waals surface area contributed by atoms with E-state index in [4.69, 9.17) is 4.84 Å². The van der Waals surface area contributed by atoms with Gasteiger partial charge in [0, 0.05) is 48.6 Å². The van der Waals surface area contributed by atoms with Crippen molar-refractivity contribution in [3.05, 3.63) is 53.4 Å². The number of benzene rings is 1. The first-order valence-corrected chi connectivity index (χ1v) is 13.9. The van der Waals surface area contributed by atoms with Gasteiger partial charge in [-0.15, -0.1) is 0 Å². The molecule has 1 aromatic carbocycles. The number of ether oxygens (including phenoxy) is 1. The van der Waals surface area contributed by atoms with Gasteiger partial charge in [0.15, 0.2) is 22.8 Å². The van der Waals surface area contributed by atoms with Gasteiger partial charge in [0.05, 0.1) is 6.10 Å². The highest BCUT2D eigenvalue weighted by Gasteiger charge is 2.79. The highest BCUT2D eigenvalue weighted by Crippen LogP contribution is 2.72. The maximum Gasteiger partial charge on any atom is 0.387 e. The number of carbonyl (C=O) groups is 2. The normalized spacial score (nSPS) is 41.7. The van der Waals surface area contributed by atoms with Crippen molar-refractivity contribution in [3.8, 4) is 5.75 Å². The van der Waals surface area contributed by atoms with E-state index in [1.165, 1.54) is 31.2 Å². The van der Waals surface area contributed by atoms with Crippen molar-refractivity contribution in [2.75, 3.05) is 13.2 Å². The van der Waals surface area contributed by atoms with Crippen LogP contribution in [-0.2, 0) is 21.0 Å². The average Bonchev–Trinajstić information content (AvgIpc) is 3.39. The Balaban J connectivity index is 1.34. The third-order valence-electron chi connectivity index (χ3n) is 10.8. The quantitative estimate of drug-likeness (QED) is 0.487. The molecule has 0 bridgehead atoms. The molecule has 1 heterocycles. The van der Waals surface area contributed by atoms with Gasteiger partial charge in [-0.2, -0.15) is 13.8 Å². The number of ketones is 2. The van der Waals surface area contributed by atoms with Gasteiger partial charge in [0.25, 0.3) is 0 Å². The number of rotatable bonds is 6. The summed E-state index contributed by atoms with van der Waals surface area (Å²) in [6, 6.07) is 5.99. The minimum absolute atomic E-state index is 0.000987. The van der Waals surface area contributed by atoms with Crippen molar-refractivity contribution in [1.82, 2.24) is 5.06 Å². The van der Waals surface area contributed by atoms with Crippen LogP contribution < -0.4 is 4.74 Å². The Morgan fingerprint density at radius 1 is 1.22 bits per heavy atom. The van der Waals surface area contributed by atoms with E-state index in [9.17, 15) is 28.6 Å². The molecular weight excluding hydrogens is 546 g/mol. The minimum Gasteiger partial charge on any atom is -0.435 e. The maximum absolute atomic E-state index is 17.4. The minimum atomic E-state index is -2.95. The molecule has 0 aromatic heterocycles. The fraction of sp³-hybridized carbons (Fsp3) is 0.600. The predicted octanol–water partition coefficient (Wildman–Crippen LogP) is 4.23. The summed E-state index contributed by atoms with van der Waals surface area (Å²) < 4.78 is 62.5.